The van der Waals surface area contributed by atoms with E-state index in [9.17, 15) is 4.79 Å². The average Bonchev–Trinajstić information content (AvgIpc) is 2.51. The predicted octanol–water partition coefficient (Wildman–Crippen LogP) is 1.24. The topological polar surface area (TPSA) is 83.0 Å². The molecule has 1 aromatic heterocycles. The van der Waals surface area contributed by atoms with Crippen molar-refractivity contribution in [1.82, 2.24) is 15.0 Å². The van der Waals surface area contributed by atoms with Crippen molar-refractivity contribution in [3.63, 3.8) is 0 Å². The molecule has 1 aromatic rings. The van der Waals surface area contributed by atoms with Gasteiger partial charge in [0.05, 0.1) is 0 Å². The van der Waals surface area contributed by atoms with Crippen LogP contribution in [-0.2, 0) is 4.79 Å². The van der Waals surface area contributed by atoms with E-state index in [4.69, 9.17) is 0 Å². The first kappa shape index (κ1) is 15.0. The fraction of sp³-hybridized carbons (Fsp3) is 0.429. The van der Waals surface area contributed by atoms with Crippen LogP contribution in [0.4, 0.5) is 17.8 Å². The molecule has 0 aromatic carbocycles. The number of piperidine rings is 1. The molecule has 0 atom stereocenters. The zero-order chi connectivity index (χ0) is 15.1. The number of anilines is 3. The average molecular weight is 288 g/mol. The zero-order valence-electron chi connectivity index (χ0n) is 12.0. The Morgan fingerprint density at radius 3 is 2.00 bits per heavy atom. The SMILES string of the molecule is C=CCNc1nc(NCC=C)nc(N2CCC(=O)CC2)n1. The summed E-state index contributed by atoms with van der Waals surface area (Å²) in [5.74, 6) is 1.85. The van der Waals surface area contributed by atoms with Crippen molar-refractivity contribution < 1.29 is 4.79 Å². The third-order valence-corrected chi connectivity index (χ3v) is 3.04. The van der Waals surface area contributed by atoms with Crippen LogP contribution in [0.3, 0.4) is 0 Å². The minimum absolute atomic E-state index is 0.287. The monoisotopic (exact) mass is 288 g/mol. The van der Waals surface area contributed by atoms with E-state index in [-0.39, 0.29) is 5.78 Å². The third kappa shape index (κ3) is 4.27. The Bertz CT molecular complexity index is 490. The highest BCUT2D eigenvalue weighted by Gasteiger charge is 2.19. The number of Topliss-reactive ketones (excluding diaryl/α,β-unsaturated/α-hetero) is 1. The van der Waals surface area contributed by atoms with Crippen LogP contribution < -0.4 is 15.5 Å². The number of carbonyl (C=O) groups is 1. The van der Waals surface area contributed by atoms with Gasteiger partial charge in [0, 0.05) is 39.0 Å². The van der Waals surface area contributed by atoms with E-state index in [2.05, 4.69) is 38.7 Å². The lowest BCUT2D eigenvalue weighted by atomic mass is 10.1. The van der Waals surface area contributed by atoms with Crippen LogP contribution in [0.15, 0.2) is 25.3 Å². The van der Waals surface area contributed by atoms with Crippen molar-refractivity contribution in [2.45, 2.75) is 12.8 Å². The minimum atomic E-state index is 0.287. The summed E-state index contributed by atoms with van der Waals surface area (Å²) in [5, 5.41) is 6.12. The lowest BCUT2D eigenvalue weighted by Gasteiger charge is -2.26. The third-order valence-electron chi connectivity index (χ3n) is 3.04. The molecule has 1 saturated heterocycles. The van der Waals surface area contributed by atoms with E-state index in [1.807, 2.05) is 4.90 Å². The normalized spacial score (nSPS) is 14.7. The Kier molecular flexibility index (Phi) is 5.25. The molecule has 0 radical (unpaired) electrons. The Hall–Kier alpha value is -2.44. The van der Waals surface area contributed by atoms with Gasteiger partial charge in [0.1, 0.15) is 5.78 Å². The lowest BCUT2D eigenvalue weighted by molar-refractivity contribution is -0.119. The molecule has 1 fully saturated rings. The molecular weight excluding hydrogens is 268 g/mol. The standard InChI is InChI=1S/C14H20N6O/c1-3-7-15-12-17-13(16-8-4-2)19-14(18-12)20-9-5-11(21)6-10-20/h3-4H,1-2,5-10H2,(H2,15,16,17,18,19). The maximum atomic E-state index is 11.3. The van der Waals surface area contributed by atoms with Crippen LogP contribution in [0.1, 0.15) is 12.8 Å². The minimum Gasteiger partial charge on any atom is -0.351 e. The highest BCUT2D eigenvalue weighted by Crippen LogP contribution is 2.17. The van der Waals surface area contributed by atoms with Gasteiger partial charge < -0.3 is 15.5 Å². The smallest absolute Gasteiger partial charge is 0.231 e. The summed E-state index contributed by atoms with van der Waals surface area (Å²) >= 11 is 0. The summed E-state index contributed by atoms with van der Waals surface area (Å²) in [7, 11) is 0. The Morgan fingerprint density at radius 2 is 1.52 bits per heavy atom. The molecular formula is C14H20N6O. The van der Waals surface area contributed by atoms with Gasteiger partial charge in [0.25, 0.3) is 0 Å². The second-order valence-corrected chi connectivity index (χ2v) is 4.65. The molecule has 112 valence electrons. The molecule has 0 amide bonds. The number of hydrogen-bond acceptors (Lipinski definition) is 7. The van der Waals surface area contributed by atoms with Gasteiger partial charge in [-0.2, -0.15) is 15.0 Å². The quantitative estimate of drug-likeness (QED) is 0.730. The van der Waals surface area contributed by atoms with E-state index in [0.29, 0.717) is 56.9 Å². The number of carbonyl (C=O) groups excluding carboxylic acids is 1. The molecule has 1 aliphatic rings. The van der Waals surface area contributed by atoms with Crippen LogP contribution in [0.2, 0.25) is 0 Å². The fourth-order valence-electron chi connectivity index (χ4n) is 1.95. The van der Waals surface area contributed by atoms with Crippen LogP contribution in [0.5, 0.6) is 0 Å². The van der Waals surface area contributed by atoms with Crippen molar-refractivity contribution in [3.8, 4) is 0 Å². The maximum absolute atomic E-state index is 11.3. The first-order valence-corrected chi connectivity index (χ1v) is 6.95. The summed E-state index contributed by atoms with van der Waals surface area (Å²) < 4.78 is 0. The summed E-state index contributed by atoms with van der Waals surface area (Å²) in [4.78, 5) is 26.4. The zero-order valence-corrected chi connectivity index (χ0v) is 12.0. The van der Waals surface area contributed by atoms with Gasteiger partial charge in [0.15, 0.2) is 0 Å². The largest absolute Gasteiger partial charge is 0.351 e. The van der Waals surface area contributed by atoms with Gasteiger partial charge in [-0.15, -0.1) is 13.2 Å². The Labute approximate surface area is 124 Å². The number of hydrogen-bond donors (Lipinski definition) is 2. The Balaban J connectivity index is 2.18. The summed E-state index contributed by atoms with van der Waals surface area (Å²) in [5.41, 5.74) is 0. The summed E-state index contributed by atoms with van der Waals surface area (Å²) in [6.07, 6.45) is 4.55. The first-order chi connectivity index (χ1) is 10.2. The molecule has 0 bridgehead atoms. The van der Waals surface area contributed by atoms with Gasteiger partial charge in [0.2, 0.25) is 17.8 Å². The molecule has 7 heteroatoms. The van der Waals surface area contributed by atoms with E-state index < -0.39 is 0 Å². The van der Waals surface area contributed by atoms with Crippen LogP contribution in [-0.4, -0.2) is 46.9 Å². The van der Waals surface area contributed by atoms with E-state index in [0.717, 1.165) is 0 Å². The van der Waals surface area contributed by atoms with Crippen molar-refractivity contribution in [2.24, 2.45) is 0 Å². The number of rotatable bonds is 7. The second-order valence-electron chi connectivity index (χ2n) is 4.65. The molecule has 0 unspecified atom stereocenters. The number of nitrogens with one attached hydrogen (secondary N) is 2. The highest BCUT2D eigenvalue weighted by molar-refractivity contribution is 5.80. The highest BCUT2D eigenvalue weighted by atomic mass is 16.1. The fourth-order valence-corrected chi connectivity index (χ4v) is 1.95. The lowest BCUT2D eigenvalue weighted by Crippen LogP contribution is -2.35. The molecule has 2 rings (SSSR count). The number of ketones is 1. The van der Waals surface area contributed by atoms with Gasteiger partial charge in [-0.3, -0.25) is 4.79 Å². The van der Waals surface area contributed by atoms with Gasteiger partial charge in [-0.1, -0.05) is 12.2 Å². The molecule has 0 aliphatic carbocycles. The van der Waals surface area contributed by atoms with Gasteiger partial charge in [-0.05, 0) is 0 Å². The molecule has 2 heterocycles. The van der Waals surface area contributed by atoms with E-state index in [1.54, 1.807) is 12.2 Å². The van der Waals surface area contributed by atoms with Crippen LogP contribution in [0, 0.1) is 0 Å². The van der Waals surface area contributed by atoms with Crippen molar-refractivity contribution >= 4 is 23.6 Å². The molecule has 0 saturated carbocycles. The summed E-state index contributed by atoms with van der Waals surface area (Å²) in [6.45, 7) is 9.75. The second kappa shape index (κ2) is 7.37. The first-order valence-electron chi connectivity index (χ1n) is 6.95. The molecule has 0 spiro atoms. The Morgan fingerprint density at radius 1 is 1.00 bits per heavy atom. The van der Waals surface area contributed by atoms with Crippen molar-refractivity contribution in [1.29, 1.82) is 0 Å². The molecule has 7 nitrogen and oxygen atoms in total. The predicted molar refractivity (Wildman–Crippen MR) is 83.7 cm³/mol. The van der Waals surface area contributed by atoms with Crippen molar-refractivity contribution in [2.75, 3.05) is 41.7 Å². The summed E-state index contributed by atoms with van der Waals surface area (Å²) in [6, 6.07) is 0. The van der Waals surface area contributed by atoms with Crippen LogP contribution in [0.25, 0.3) is 0 Å². The van der Waals surface area contributed by atoms with E-state index >= 15 is 0 Å². The van der Waals surface area contributed by atoms with Gasteiger partial charge in [-0.25, -0.2) is 0 Å². The van der Waals surface area contributed by atoms with Crippen molar-refractivity contribution in [3.05, 3.63) is 25.3 Å². The molecule has 21 heavy (non-hydrogen) atoms. The number of aromatic nitrogens is 3. The number of nitrogens with zero attached hydrogens (tertiary/aromatic N) is 4. The van der Waals surface area contributed by atoms with Gasteiger partial charge >= 0.3 is 0 Å². The van der Waals surface area contributed by atoms with Crippen LogP contribution >= 0.6 is 0 Å². The molecule has 1 aliphatic heterocycles. The maximum Gasteiger partial charge on any atom is 0.231 e. The van der Waals surface area contributed by atoms with E-state index in [1.165, 1.54) is 0 Å². The molecule has 2 N–H and O–H groups in total.